The van der Waals surface area contributed by atoms with Crippen LogP contribution in [0.5, 0.6) is 0 Å². The van der Waals surface area contributed by atoms with Crippen LogP contribution in [-0.4, -0.2) is 28.2 Å². The summed E-state index contributed by atoms with van der Waals surface area (Å²) in [4.78, 5) is 13.1. The van der Waals surface area contributed by atoms with Gasteiger partial charge in [-0.1, -0.05) is 6.07 Å². The van der Waals surface area contributed by atoms with Crippen molar-refractivity contribution in [3.8, 4) is 0 Å². The smallest absolute Gasteiger partial charge is 0.292 e. The maximum absolute atomic E-state index is 11.2. The van der Waals surface area contributed by atoms with E-state index in [0.29, 0.717) is 0 Å². The van der Waals surface area contributed by atoms with Gasteiger partial charge in [0.05, 0.1) is 11.0 Å². The third kappa shape index (κ3) is 2.08. The lowest BCUT2D eigenvalue weighted by atomic mass is 9.98. The van der Waals surface area contributed by atoms with Gasteiger partial charge in [0.25, 0.3) is 5.69 Å². The number of hydrogen-bond donors (Lipinski definition) is 1. The average molecular weight is 262 g/mol. The molecule has 102 valence electrons. The normalized spacial score (nSPS) is 29.6. The summed E-state index contributed by atoms with van der Waals surface area (Å²) >= 11 is 0. The number of piperidine rings is 1. The molecule has 2 fully saturated rings. The van der Waals surface area contributed by atoms with Crippen molar-refractivity contribution in [1.29, 1.82) is 0 Å². The van der Waals surface area contributed by atoms with Gasteiger partial charge < -0.3 is 10.0 Å². The van der Waals surface area contributed by atoms with E-state index in [4.69, 9.17) is 0 Å². The Bertz CT molecular complexity index is 503. The summed E-state index contributed by atoms with van der Waals surface area (Å²) in [6, 6.07) is 5.91. The average Bonchev–Trinajstić information content (AvgIpc) is 2.62. The zero-order chi connectivity index (χ0) is 13.6. The molecule has 0 saturated carbocycles. The van der Waals surface area contributed by atoms with Gasteiger partial charge >= 0.3 is 0 Å². The Hall–Kier alpha value is -1.62. The highest BCUT2D eigenvalue weighted by atomic mass is 16.6. The molecule has 1 aromatic rings. The van der Waals surface area contributed by atoms with E-state index in [-0.39, 0.29) is 28.8 Å². The van der Waals surface area contributed by atoms with E-state index in [2.05, 4.69) is 4.90 Å². The molecule has 2 saturated heterocycles. The van der Waals surface area contributed by atoms with Gasteiger partial charge in [0.2, 0.25) is 0 Å². The predicted molar refractivity (Wildman–Crippen MR) is 72.4 cm³/mol. The van der Waals surface area contributed by atoms with Gasteiger partial charge in [-0.25, -0.2) is 0 Å². The Morgan fingerprint density at radius 1 is 1.32 bits per heavy atom. The van der Waals surface area contributed by atoms with E-state index < -0.39 is 0 Å². The number of aliphatic hydroxyl groups excluding tert-OH is 1. The van der Waals surface area contributed by atoms with Crippen molar-refractivity contribution in [2.75, 3.05) is 4.90 Å². The molecule has 2 aliphatic rings. The van der Waals surface area contributed by atoms with Gasteiger partial charge in [0, 0.05) is 18.2 Å². The minimum Gasteiger partial charge on any atom is -0.393 e. The Kier molecular flexibility index (Phi) is 2.93. The second kappa shape index (κ2) is 4.49. The first-order valence-corrected chi connectivity index (χ1v) is 6.77. The SMILES string of the molecule is Cc1ccc(N2C3CCC2CC(O)C3)c([N+](=O)[O-])c1. The number of hydrogen-bond acceptors (Lipinski definition) is 4. The molecule has 5 heteroatoms. The summed E-state index contributed by atoms with van der Waals surface area (Å²) in [5, 5.41) is 21.1. The fourth-order valence-electron chi connectivity index (χ4n) is 3.54. The summed E-state index contributed by atoms with van der Waals surface area (Å²) in [6.07, 6.45) is 3.24. The van der Waals surface area contributed by atoms with Gasteiger partial charge in [0.15, 0.2) is 0 Å². The standard InChI is InChI=1S/C14H18N2O3/c1-9-2-5-13(14(6-9)16(18)19)15-10-3-4-11(15)8-12(17)7-10/h2,5-6,10-12,17H,3-4,7-8H2,1H3. The fraction of sp³-hybridized carbons (Fsp3) is 0.571. The zero-order valence-electron chi connectivity index (χ0n) is 11.0. The molecule has 2 unspecified atom stereocenters. The number of aryl methyl sites for hydroxylation is 1. The molecule has 2 aliphatic heterocycles. The van der Waals surface area contributed by atoms with Crippen molar-refractivity contribution >= 4 is 11.4 Å². The number of aliphatic hydroxyl groups is 1. The molecule has 0 spiro atoms. The molecule has 3 rings (SSSR count). The van der Waals surface area contributed by atoms with Crippen molar-refractivity contribution in [1.82, 2.24) is 0 Å². The molecular formula is C14H18N2O3. The number of nitro groups is 1. The van der Waals surface area contributed by atoms with Crippen molar-refractivity contribution in [2.24, 2.45) is 0 Å². The summed E-state index contributed by atoms with van der Waals surface area (Å²) in [6.45, 7) is 1.87. The molecule has 0 radical (unpaired) electrons. The van der Waals surface area contributed by atoms with E-state index in [1.165, 1.54) is 0 Å². The summed E-state index contributed by atoms with van der Waals surface area (Å²) in [5.41, 5.74) is 1.81. The number of nitrogens with zero attached hydrogens (tertiary/aromatic N) is 2. The topological polar surface area (TPSA) is 66.6 Å². The van der Waals surface area contributed by atoms with Crippen LogP contribution in [0.25, 0.3) is 0 Å². The third-order valence-corrected chi connectivity index (χ3v) is 4.31. The highest BCUT2D eigenvalue weighted by Gasteiger charge is 2.42. The molecule has 0 aromatic heterocycles. The lowest BCUT2D eigenvalue weighted by molar-refractivity contribution is -0.384. The second-order valence-corrected chi connectivity index (χ2v) is 5.67. The molecular weight excluding hydrogens is 244 g/mol. The van der Waals surface area contributed by atoms with Crippen LogP contribution in [0.2, 0.25) is 0 Å². The predicted octanol–water partition coefficient (Wildman–Crippen LogP) is 2.40. The lowest BCUT2D eigenvalue weighted by Crippen LogP contribution is -2.45. The first-order valence-electron chi connectivity index (χ1n) is 6.77. The first kappa shape index (κ1) is 12.4. The van der Waals surface area contributed by atoms with Crippen LogP contribution in [0, 0.1) is 17.0 Å². The third-order valence-electron chi connectivity index (χ3n) is 4.31. The van der Waals surface area contributed by atoms with Gasteiger partial charge in [-0.2, -0.15) is 0 Å². The van der Waals surface area contributed by atoms with Crippen molar-refractivity contribution < 1.29 is 10.0 Å². The molecule has 2 atom stereocenters. The van der Waals surface area contributed by atoms with E-state index in [1.807, 2.05) is 19.1 Å². The first-order chi connectivity index (χ1) is 9.06. The monoisotopic (exact) mass is 262 g/mol. The molecule has 2 heterocycles. The number of benzene rings is 1. The second-order valence-electron chi connectivity index (χ2n) is 5.67. The van der Waals surface area contributed by atoms with E-state index in [0.717, 1.165) is 36.9 Å². The lowest BCUT2D eigenvalue weighted by Gasteiger charge is -2.38. The number of nitro benzene ring substituents is 1. The van der Waals surface area contributed by atoms with Crippen LogP contribution in [-0.2, 0) is 0 Å². The number of anilines is 1. The minimum absolute atomic E-state index is 0.188. The maximum Gasteiger partial charge on any atom is 0.292 e. The number of fused-ring (bicyclic) bond motifs is 2. The highest BCUT2D eigenvalue weighted by Crippen LogP contribution is 2.42. The molecule has 2 bridgehead atoms. The Morgan fingerprint density at radius 3 is 2.53 bits per heavy atom. The molecule has 5 nitrogen and oxygen atoms in total. The molecule has 19 heavy (non-hydrogen) atoms. The van der Waals surface area contributed by atoms with Crippen molar-refractivity contribution in [3.63, 3.8) is 0 Å². The van der Waals surface area contributed by atoms with Crippen LogP contribution in [0.1, 0.15) is 31.2 Å². The van der Waals surface area contributed by atoms with E-state index >= 15 is 0 Å². The van der Waals surface area contributed by atoms with Crippen LogP contribution >= 0.6 is 0 Å². The minimum atomic E-state index is -0.299. The molecule has 0 aliphatic carbocycles. The fourth-order valence-corrected chi connectivity index (χ4v) is 3.54. The molecule has 1 aromatic carbocycles. The number of rotatable bonds is 2. The summed E-state index contributed by atoms with van der Waals surface area (Å²) in [7, 11) is 0. The Labute approximate surface area is 112 Å². The van der Waals surface area contributed by atoms with Crippen molar-refractivity contribution in [3.05, 3.63) is 33.9 Å². The highest BCUT2D eigenvalue weighted by molar-refractivity contribution is 5.66. The van der Waals surface area contributed by atoms with Crippen LogP contribution in [0.3, 0.4) is 0 Å². The van der Waals surface area contributed by atoms with Crippen LogP contribution in [0.15, 0.2) is 18.2 Å². The Balaban J connectivity index is 2.01. The maximum atomic E-state index is 11.2. The molecule has 1 N–H and O–H groups in total. The van der Waals surface area contributed by atoms with Gasteiger partial charge in [-0.3, -0.25) is 10.1 Å². The van der Waals surface area contributed by atoms with Crippen LogP contribution < -0.4 is 4.90 Å². The summed E-state index contributed by atoms with van der Waals surface area (Å²) < 4.78 is 0. The van der Waals surface area contributed by atoms with E-state index in [9.17, 15) is 15.2 Å². The molecule has 0 amide bonds. The van der Waals surface area contributed by atoms with Gasteiger partial charge in [-0.05, 0) is 44.2 Å². The van der Waals surface area contributed by atoms with Gasteiger partial charge in [0.1, 0.15) is 5.69 Å². The Morgan fingerprint density at radius 2 is 1.95 bits per heavy atom. The quantitative estimate of drug-likeness (QED) is 0.656. The largest absolute Gasteiger partial charge is 0.393 e. The summed E-state index contributed by atoms with van der Waals surface area (Å²) in [5.74, 6) is 0. The zero-order valence-corrected chi connectivity index (χ0v) is 11.0. The van der Waals surface area contributed by atoms with E-state index in [1.54, 1.807) is 6.07 Å². The van der Waals surface area contributed by atoms with Gasteiger partial charge in [-0.15, -0.1) is 0 Å². The van der Waals surface area contributed by atoms with Crippen molar-refractivity contribution in [2.45, 2.75) is 50.8 Å². The van der Waals surface area contributed by atoms with Crippen LogP contribution in [0.4, 0.5) is 11.4 Å².